The van der Waals surface area contributed by atoms with Crippen molar-refractivity contribution in [1.82, 2.24) is 0 Å². The maximum absolute atomic E-state index is 10.4. The molecule has 1 aromatic rings. The first kappa shape index (κ1) is 12.1. The number of hydrogen-bond donors (Lipinski definition) is 1. The van der Waals surface area contributed by atoms with Crippen LogP contribution in [0.4, 0.5) is 0 Å². The van der Waals surface area contributed by atoms with E-state index < -0.39 is 5.60 Å². The molecular weight excluding hydrogens is 188 g/mol. The average Bonchev–Trinajstić information content (AvgIpc) is 2.17. The second kappa shape index (κ2) is 4.23. The van der Waals surface area contributed by atoms with Crippen LogP contribution in [0.25, 0.3) is 0 Å². The molecule has 0 amide bonds. The summed E-state index contributed by atoms with van der Waals surface area (Å²) >= 11 is 0. The van der Waals surface area contributed by atoms with Crippen LogP contribution in [0, 0.1) is 12.8 Å². The molecule has 1 atom stereocenters. The number of hydrogen-bond acceptors (Lipinski definition) is 2. The van der Waals surface area contributed by atoms with Gasteiger partial charge in [0.1, 0.15) is 5.75 Å². The zero-order valence-electron chi connectivity index (χ0n) is 10.2. The standard InChI is InChI=1S/C13H20O2/c1-9(2)13(4,14)11-8-10(3)6-7-12(11)15-5/h6-9,14H,1-5H3. The normalized spacial score (nSPS) is 15.1. The van der Waals surface area contributed by atoms with Crippen molar-refractivity contribution in [2.45, 2.75) is 33.3 Å². The van der Waals surface area contributed by atoms with Crippen molar-refractivity contribution in [2.75, 3.05) is 7.11 Å². The van der Waals surface area contributed by atoms with Crippen LogP contribution in [0.2, 0.25) is 0 Å². The quantitative estimate of drug-likeness (QED) is 0.827. The number of ether oxygens (including phenoxy) is 1. The van der Waals surface area contributed by atoms with Crippen molar-refractivity contribution >= 4 is 0 Å². The first-order valence-electron chi connectivity index (χ1n) is 5.27. The van der Waals surface area contributed by atoms with Crippen LogP contribution in [0.3, 0.4) is 0 Å². The Labute approximate surface area is 91.9 Å². The molecule has 0 aromatic heterocycles. The van der Waals surface area contributed by atoms with Gasteiger partial charge in [-0.3, -0.25) is 0 Å². The summed E-state index contributed by atoms with van der Waals surface area (Å²) < 4.78 is 5.28. The maximum Gasteiger partial charge on any atom is 0.124 e. The zero-order chi connectivity index (χ0) is 11.6. The second-order valence-corrected chi connectivity index (χ2v) is 4.51. The molecule has 0 saturated carbocycles. The third-order valence-electron chi connectivity index (χ3n) is 3.02. The summed E-state index contributed by atoms with van der Waals surface area (Å²) in [6.45, 7) is 7.85. The van der Waals surface area contributed by atoms with Gasteiger partial charge in [0.15, 0.2) is 0 Å². The van der Waals surface area contributed by atoms with Gasteiger partial charge in [-0.25, -0.2) is 0 Å². The van der Waals surface area contributed by atoms with E-state index in [2.05, 4.69) is 0 Å². The number of methoxy groups -OCH3 is 1. The van der Waals surface area contributed by atoms with Crippen LogP contribution >= 0.6 is 0 Å². The summed E-state index contributed by atoms with van der Waals surface area (Å²) in [4.78, 5) is 0. The van der Waals surface area contributed by atoms with Crippen molar-refractivity contribution < 1.29 is 9.84 Å². The van der Waals surface area contributed by atoms with Crippen LogP contribution in [0.5, 0.6) is 5.75 Å². The Bertz CT molecular complexity index is 340. The first-order valence-corrected chi connectivity index (χ1v) is 5.27. The highest BCUT2D eigenvalue weighted by atomic mass is 16.5. The highest BCUT2D eigenvalue weighted by Gasteiger charge is 2.30. The first-order chi connectivity index (χ1) is 6.89. The van der Waals surface area contributed by atoms with E-state index in [-0.39, 0.29) is 5.92 Å². The van der Waals surface area contributed by atoms with Gasteiger partial charge in [0.2, 0.25) is 0 Å². The SMILES string of the molecule is COc1ccc(C)cc1C(C)(O)C(C)C. The van der Waals surface area contributed by atoms with Gasteiger partial charge in [-0.1, -0.05) is 25.5 Å². The molecule has 0 radical (unpaired) electrons. The molecule has 1 rings (SSSR count). The Balaban J connectivity index is 3.28. The Morgan fingerprint density at radius 2 is 1.93 bits per heavy atom. The monoisotopic (exact) mass is 208 g/mol. The molecule has 0 saturated heterocycles. The molecule has 1 unspecified atom stereocenters. The molecule has 0 aliphatic carbocycles. The molecule has 0 bridgehead atoms. The Morgan fingerprint density at radius 3 is 2.40 bits per heavy atom. The molecule has 84 valence electrons. The lowest BCUT2D eigenvalue weighted by Gasteiger charge is -2.30. The zero-order valence-corrected chi connectivity index (χ0v) is 10.2. The smallest absolute Gasteiger partial charge is 0.124 e. The lowest BCUT2D eigenvalue weighted by atomic mass is 9.84. The van der Waals surface area contributed by atoms with E-state index in [9.17, 15) is 5.11 Å². The van der Waals surface area contributed by atoms with Gasteiger partial charge in [-0.2, -0.15) is 0 Å². The van der Waals surface area contributed by atoms with Gasteiger partial charge in [0.05, 0.1) is 12.7 Å². The van der Waals surface area contributed by atoms with Gasteiger partial charge < -0.3 is 9.84 Å². The molecular formula is C13H20O2. The van der Waals surface area contributed by atoms with E-state index >= 15 is 0 Å². The summed E-state index contributed by atoms with van der Waals surface area (Å²) in [6.07, 6.45) is 0. The van der Waals surface area contributed by atoms with Gasteiger partial charge in [-0.05, 0) is 31.9 Å². The molecule has 0 aliphatic heterocycles. The topological polar surface area (TPSA) is 29.5 Å². The summed E-state index contributed by atoms with van der Waals surface area (Å²) in [5.74, 6) is 0.896. The lowest BCUT2D eigenvalue weighted by molar-refractivity contribution is 0.00690. The average molecular weight is 208 g/mol. The predicted octanol–water partition coefficient (Wildman–Crippen LogP) is 2.87. The van der Waals surface area contributed by atoms with Crippen molar-refractivity contribution in [3.63, 3.8) is 0 Å². The third kappa shape index (κ3) is 2.32. The van der Waals surface area contributed by atoms with Gasteiger partial charge >= 0.3 is 0 Å². The molecule has 2 heteroatoms. The summed E-state index contributed by atoms with van der Waals surface area (Å²) in [6, 6.07) is 5.87. The molecule has 0 fully saturated rings. The highest BCUT2D eigenvalue weighted by Crippen LogP contribution is 2.35. The van der Waals surface area contributed by atoms with Crippen molar-refractivity contribution in [2.24, 2.45) is 5.92 Å². The Morgan fingerprint density at radius 1 is 1.33 bits per heavy atom. The summed E-state index contributed by atoms with van der Waals surface area (Å²) in [5.41, 5.74) is 1.14. The predicted molar refractivity (Wildman–Crippen MR) is 62.1 cm³/mol. The minimum atomic E-state index is -0.850. The Kier molecular flexibility index (Phi) is 3.40. The van der Waals surface area contributed by atoms with Crippen LogP contribution in [0.1, 0.15) is 31.9 Å². The Hall–Kier alpha value is -1.02. The molecule has 15 heavy (non-hydrogen) atoms. The number of rotatable bonds is 3. The van der Waals surface area contributed by atoms with E-state index in [0.717, 1.165) is 16.9 Å². The van der Waals surface area contributed by atoms with Crippen molar-refractivity contribution in [1.29, 1.82) is 0 Å². The van der Waals surface area contributed by atoms with Crippen LogP contribution in [-0.2, 0) is 5.60 Å². The molecule has 0 aliphatic rings. The lowest BCUT2D eigenvalue weighted by Crippen LogP contribution is -2.28. The molecule has 0 heterocycles. The van der Waals surface area contributed by atoms with E-state index in [1.165, 1.54) is 0 Å². The minimum Gasteiger partial charge on any atom is -0.496 e. The van der Waals surface area contributed by atoms with Gasteiger partial charge in [0.25, 0.3) is 0 Å². The van der Waals surface area contributed by atoms with Crippen LogP contribution < -0.4 is 4.74 Å². The fourth-order valence-corrected chi connectivity index (χ4v) is 1.53. The molecule has 1 N–H and O–H groups in total. The highest BCUT2D eigenvalue weighted by molar-refractivity contribution is 5.40. The molecule has 2 nitrogen and oxygen atoms in total. The maximum atomic E-state index is 10.4. The fourth-order valence-electron chi connectivity index (χ4n) is 1.53. The van der Waals surface area contributed by atoms with E-state index in [1.807, 2.05) is 45.9 Å². The molecule has 1 aromatic carbocycles. The van der Waals surface area contributed by atoms with Crippen LogP contribution in [0.15, 0.2) is 18.2 Å². The number of aryl methyl sites for hydroxylation is 1. The summed E-state index contributed by atoms with van der Waals surface area (Å²) in [7, 11) is 1.63. The summed E-state index contributed by atoms with van der Waals surface area (Å²) in [5, 5.41) is 10.4. The number of benzene rings is 1. The largest absolute Gasteiger partial charge is 0.496 e. The third-order valence-corrected chi connectivity index (χ3v) is 3.02. The fraction of sp³-hybridized carbons (Fsp3) is 0.538. The van der Waals surface area contributed by atoms with Crippen molar-refractivity contribution in [3.05, 3.63) is 29.3 Å². The van der Waals surface area contributed by atoms with Gasteiger partial charge in [-0.15, -0.1) is 0 Å². The second-order valence-electron chi connectivity index (χ2n) is 4.51. The van der Waals surface area contributed by atoms with Gasteiger partial charge in [0, 0.05) is 5.56 Å². The van der Waals surface area contributed by atoms with Crippen LogP contribution in [-0.4, -0.2) is 12.2 Å². The van der Waals surface area contributed by atoms with Crippen molar-refractivity contribution in [3.8, 4) is 5.75 Å². The van der Waals surface area contributed by atoms with E-state index in [4.69, 9.17) is 4.74 Å². The van der Waals surface area contributed by atoms with E-state index in [1.54, 1.807) is 7.11 Å². The minimum absolute atomic E-state index is 0.146. The number of aliphatic hydroxyl groups is 1. The molecule has 0 spiro atoms. The van der Waals surface area contributed by atoms with E-state index in [0.29, 0.717) is 0 Å².